The van der Waals surface area contributed by atoms with Crippen molar-refractivity contribution in [2.24, 2.45) is 0 Å². The molecule has 3 aromatic rings. The van der Waals surface area contributed by atoms with Crippen LogP contribution in [0.25, 0.3) is 5.69 Å². The van der Waals surface area contributed by atoms with E-state index in [-0.39, 0.29) is 5.91 Å². The van der Waals surface area contributed by atoms with Gasteiger partial charge in [-0.15, -0.1) is 5.10 Å². The van der Waals surface area contributed by atoms with Crippen molar-refractivity contribution in [2.45, 2.75) is 26.2 Å². The zero-order chi connectivity index (χ0) is 17.6. The van der Waals surface area contributed by atoms with Crippen LogP contribution in [0.3, 0.4) is 0 Å². The molecule has 6 nitrogen and oxygen atoms in total. The van der Waals surface area contributed by atoms with Crippen molar-refractivity contribution < 1.29 is 4.79 Å². The number of anilines is 1. The lowest BCUT2D eigenvalue weighted by Gasteiger charge is -2.09. The molecule has 128 valence electrons. The van der Waals surface area contributed by atoms with Gasteiger partial charge in [-0.2, -0.15) is 0 Å². The summed E-state index contributed by atoms with van der Waals surface area (Å²) in [6, 6.07) is 13.4. The molecule has 0 unspecified atom stereocenters. The lowest BCUT2D eigenvalue weighted by Crippen LogP contribution is -2.12. The van der Waals surface area contributed by atoms with Crippen LogP contribution in [0, 0.1) is 6.92 Å². The van der Waals surface area contributed by atoms with Gasteiger partial charge in [-0.25, -0.2) is 4.68 Å². The molecule has 1 aromatic heterocycles. The maximum atomic E-state index is 12.2. The van der Waals surface area contributed by atoms with Gasteiger partial charge in [0, 0.05) is 17.1 Å². The van der Waals surface area contributed by atoms with E-state index < -0.39 is 0 Å². The molecule has 0 fully saturated rings. The Kier molecular flexibility index (Phi) is 5.40. The monoisotopic (exact) mass is 355 g/mol. The van der Waals surface area contributed by atoms with E-state index in [1.807, 2.05) is 49.4 Å². The van der Waals surface area contributed by atoms with Crippen molar-refractivity contribution in [1.82, 2.24) is 20.2 Å². The van der Waals surface area contributed by atoms with Crippen molar-refractivity contribution in [3.63, 3.8) is 0 Å². The zero-order valence-electron chi connectivity index (χ0n) is 13.8. The highest BCUT2D eigenvalue weighted by molar-refractivity contribution is 6.30. The summed E-state index contributed by atoms with van der Waals surface area (Å²) in [5.41, 5.74) is 3.76. The maximum Gasteiger partial charge on any atom is 0.224 e. The quantitative estimate of drug-likeness (QED) is 0.733. The highest BCUT2D eigenvalue weighted by Crippen LogP contribution is 2.19. The third-order valence-corrected chi connectivity index (χ3v) is 4.12. The fourth-order valence-corrected chi connectivity index (χ4v) is 2.66. The van der Waals surface area contributed by atoms with Crippen molar-refractivity contribution in [2.75, 3.05) is 5.32 Å². The molecule has 0 aliphatic rings. The summed E-state index contributed by atoms with van der Waals surface area (Å²) in [5, 5.41) is 14.8. The molecule has 0 saturated heterocycles. The summed E-state index contributed by atoms with van der Waals surface area (Å²) in [5.74, 6) is -0.0134. The fraction of sp³-hybridized carbons (Fsp3) is 0.222. The second-order valence-electron chi connectivity index (χ2n) is 5.78. The van der Waals surface area contributed by atoms with Crippen LogP contribution >= 0.6 is 11.6 Å². The number of amides is 1. The van der Waals surface area contributed by atoms with Crippen LogP contribution in [-0.4, -0.2) is 26.1 Å². The van der Waals surface area contributed by atoms with Gasteiger partial charge < -0.3 is 5.32 Å². The number of hydrogen-bond acceptors (Lipinski definition) is 4. The standard InChI is InChI=1S/C18H18ClN5O/c1-13-5-10-16(11-17(13)24-12-20-22-23-24)21-18(25)4-2-3-14-6-8-15(19)9-7-14/h5-12H,2-4H2,1H3,(H,21,25). The first-order valence-corrected chi connectivity index (χ1v) is 8.38. The fourth-order valence-electron chi connectivity index (χ4n) is 2.53. The molecule has 0 radical (unpaired) electrons. The van der Waals surface area contributed by atoms with E-state index in [2.05, 4.69) is 20.8 Å². The molecule has 1 heterocycles. The smallest absolute Gasteiger partial charge is 0.224 e. The number of nitrogens with zero attached hydrogens (tertiary/aromatic N) is 4. The predicted octanol–water partition coefficient (Wildman–Crippen LogP) is 3.59. The Bertz CT molecular complexity index is 846. The minimum absolute atomic E-state index is 0.0134. The molecule has 7 heteroatoms. The van der Waals surface area contributed by atoms with Gasteiger partial charge >= 0.3 is 0 Å². The first kappa shape index (κ1) is 17.1. The summed E-state index contributed by atoms with van der Waals surface area (Å²) < 4.78 is 1.57. The third kappa shape index (κ3) is 4.64. The Morgan fingerprint density at radius 3 is 2.72 bits per heavy atom. The molecule has 1 amide bonds. The van der Waals surface area contributed by atoms with Crippen LogP contribution in [0.4, 0.5) is 5.69 Å². The minimum Gasteiger partial charge on any atom is -0.326 e. The van der Waals surface area contributed by atoms with E-state index in [9.17, 15) is 4.79 Å². The molecule has 0 aliphatic carbocycles. The van der Waals surface area contributed by atoms with Gasteiger partial charge in [0.05, 0.1) is 5.69 Å². The Labute approximate surface area is 150 Å². The molecule has 0 spiro atoms. The van der Waals surface area contributed by atoms with Crippen LogP contribution in [0.5, 0.6) is 0 Å². The highest BCUT2D eigenvalue weighted by Gasteiger charge is 2.07. The van der Waals surface area contributed by atoms with E-state index in [0.29, 0.717) is 6.42 Å². The lowest BCUT2D eigenvalue weighted by atomic mass is 10.1. The van der Waals surface area contributed by atoms with Gasteiger partial charge in [0.1, 0.15) is 6.33 Å². The number of benzene rings is 2. The molecule has 0 atom stereocenters. The lowest BCUT2D eigenvalue weighted by molar-refractivity contribution is -0.116. The van der Waals surface area contributed by atoms with Crippen LogP contribution in [0.1, 0.15) is 24.0 Å². The number of carbonyl (C=O) groups excluding carboxylic acids is 1. The first-order chi connectivity index (χ1) is 12.1. The average molecular weight is 356 g/mol. The topological polar surface area (TPSA) is 72.7 Å². The molecule has 3 rings (SSSR count). The summed E-state index contributed by atoms with van der Waals surface area (Å²) in [7, 11) is 0. The summed E-state index contributed by atoms with van der Waals surface area (Å²) >= 11 is 5.87. The second kappa shape index (κ2) is 7.90. The van der Waals surface area contributed by atoms with Crippen molar-refractivity contribution in [1.29, 1.82) is 0 Å². The Morgan fingerprint density at radius 2 is 2.00 bits per heavy atom. The van der Waals surface area contributed by atoms with Crippen molar-refractivity contribution in [3.05, 3.63) is 64.9 Å². The van der Waals surface area contributed by atoms with Crippen LogP contribution in [-0.2, 0) is 11.2 Å². The third-order valence-electron chi connectivity index (χ3n) is 3.87. The zero-order valence-corrected chi connectivity index (χ0v) is 14.6. The number of aromatic nitrogens is 4. The number of rotatable bonds is 6. The molecule has 0 bridgehead atoms. The van der Waals surface area contributed by atoms with Gasteiger partial charge in [-0.05, 0) is 65.6 Å². The molecule has 1 N–H and O–H groups in total. The second-order valence-corrected chi connectivity index (χ2v) is 6.22. The van der Waals surface area contributed by atoms with E-state index in [0.717, 1.165) is 34.8 Å². The van der Waals surface area contributed by atoms with Crippen LogP contribution in [0.15, 0.2) is 48.8 Å². The van der Waals surface area contributed by atoms with Crippen molar-refractivity contribution >= 4 is 23.2 Å². The van der Waals surface area contributed by atoms with Crippen LogP contribution in [0.2, 0.25) is 5.02 Å². The van der Waals surface area contributed by atoms with Gasteiger partial charge in [0.2, 0.25) is 5.91 Å². The maximum absolute atomic E-state index is 12.2. The Balaban J connectivity index is 1.56. The molecular formula is C18H18ClN5O. The number of hydrogen-bond donors (Lipinski definition) is 1. The van der Waals surface area contributed by atoms with E-state index in [1.165, 1.54) is 11.9 Å². The van der Waals surface area contributed by atoms with E-state index in [4.69, 9.17) is 11.6 Å². The molecule has 0 aliphatic heterocycles. The van der Waals surface area contributed by atoms with Gasteiger partial charge in [0.25, 0.3) is 0 Å². The van der Waals surface area contributed by atoms with Gasteiger partial charge in [-0.3, -0.25) is 4.79 Å². The predicted molar refractivity (Wildman–Crippen MR) is 96.9 cm³/mol. The summed E-state index contributed by atoms with van der Waals surface area (Å²) in [6.45, 7) is 1.97. The van der Waals surface area contributed by atoms with Crippen molar-refractivity contribution in [3.8, 4) is 5.69 Å². The molecule has 0 saturated carbocycles. The first-order valence-electron chi connectivity index (χ1n) is 8.00. The highest BCUT2D eigenvalue weighted by atomic mass is 35.5. The summed E-state index contributed by atoms with van der Waals surface area (Å²) in [4.78, 5) is 12.2. The molecule has 25 heavy (non-hydrogen) atoms. The minimum atomic E-state index is -0.0134. The number of halogens is 1. The largest absolute Gasteiger partial charge is 0.326 e. The SMILES string of the molecule is Cc1ccc(NC(=O)CCCc2ccc(Cl)cc2)cc1-n1cnnn1. The van der Waals surface area contributed by atoms with E-state index in [1.54, 1.807) is 4.68 Å². The molecular weight excluding hydrogens is 338 g/mol. The molecule has 2 aromatic carbocycles. The van der Waals surface area contributed by atoms with Gasteiger partial charge in [-0.1, -0.05) is 29.8 Å². The normalized spacial score (nSPS) is 10.6. The number of nitrogens with one attached hydrogen (secondary N) is 1. The van der Waals surface area contributed by atoms with Crippen LogP contribution < -0.4 is 5.32 Å². The average Bonchev–Trinajstić information content (AvgIpc) is 3.13. The number of aryl methyl sites for hydroxylation is 2. The Morgan fingerprint density at radius 1 is 1.20 bits per heavy atom. The number of tetrazole rings is 1. The Hall–Kier alpha value is -2.73. The number of carbonyl (C=O) groups is 1. The van der Waals surface area contributed by atoms with Gasteiger partial charge in [0.15, 0.2) is 0 Å². The summed E-state index contributed by atoms with van der Waals surface area (Å²) in [6.07, 6.45) is 3.60. The van der Waals surface area contributed by atoms with E-state index >= 15 is 0 Å².